The fourth-order valence-electron chi connectivity index (χ4n) is 2.67. The summed E-state index contributed by atoms with van der Waals surface area (Å²) >= 11 is 0. The molecule has 20 heavy (non-hydrogen) atoms. The summed E-state index contributed by atoms with van der Waals surface area (Å²) in [4.78, 5) is 12.2. The molecule has 3 nitrogen and oxygen atoms in total. The summed E-state index contributed by atoms with van der Waals surface area (Å²) in [5.74, 6) is 0.0976. The minimum Gasteiger partial charge on any atom is -0.484 e. The van der Waals surface area contributed by atoms with Gasteiger partial charge in [-0.3, -0.25) is 4.79 Å². The van der Waals surface area contributed by atoms with Crippen LogP contribution in [0, 0.1) is 6.92 Å². The highest BCUT2D eigenvalue weighted by Gasteiger charge is 2.41. The van der Waals surface area contributed by atoms with Crippen molar-refractivity contribution in [3.63, 3.8) is 0 Å². The van der Waals surface area contributed by atoms with Gasteiger partial charge in [-0.05, 0) is 18.6 Å². The zero-order valence-electron chi connectivity index (χ0n) is 11.5. The number of hydrogen-bond donors (Lipinski definition) is 0. The van der Waals surface area contributed by atoms with Gasteiger partial charge in [-0.1, -0.05) is 48.0 Å². The van der Waals surface area contributed by atoms with Crippen molar-refractivity contribution in [3.8, 4) is 5.75 Å². The molecule has 0 N–H and O–H groups in total. The minimum absolute atomic E-state index is 0.261. The van der Waals surface area contributed by atoms with Gasteiger partial charge in [0, 0.05) is 5.56 Å². The number of carbonyl (C=O) groups excluding carboxylic acids is 1. The topological polar surface area (TPSA) is 35.5 Å². The third-order valence-corrected chi connectivity index (χ3v) is 3.64. The third-order valence-electron chi connectivity index (χ3n) is 3.64. The molecule has 102 valence electrons. The Bertz CT molecular complexity index is 634. The number of fused-ring (bicyclic) bond motifs is 1. The van der Waals surface area contributed by atoms with Crippen molar-refractivity contribution in [1.82, 2.24) is 0 Å². The second-order valence-electron chi connectivity index (χ2n) is 4.99. The van der Waals surface area contributed by atoms with E-state index in [4.69, 9.17) is 9.47 Å². The molecule has 0 fully saturated rings. The van der Waals surface area contributed by atoms with Gasteiger partial charge in [0.1, 0.15) is 17.8 Å². The fraction of sp³-hybridized carbons (Fsp3) is 0.235. The summed E-state index contributed by atoms with van der Waals surface area (Å²) < 4.78 is 10.9. The van der Waals surface area contributed by atoms with E-state index in [1.807, 2.05) is 55.5 Å². The van der Waals surface area contributed by atoms with Crippen LogP contribution in [0.4, 0.5) is 0 Å². The summed E-state index contributed by atoms with van der Waals surface area (Å²) in [5, 5.41) is 0. The van der Waals surface area contributed by atoms with Gasteiger partial charge in [-0.15, -0.1) is 0 Å². The lowest BCUT2D eigenvalue weighted by molar-refractivity contribution is -0.144. The molecule has 1 heterocycles. The first kappa shape index (κ1) is 12.7. The maximum Gasteiger partial charge on any atom is 0.317 e. The summed E-state index contributed by atoms with van der Waals surface area (Å²) in [6.45, 7) is 2.00. The minimum atomic E-state index is -0.405. The van der Waals surface area contributed by atoms with Gasteiger partial charge in [0.2, 0.25) is 0 Å². The smallest absolute Gasteiger partial charge is 0.317 e. The Morgan fingerprint density at radius 2 is 1.90 bits per heavy atom. The van der Waals surface area contributed by atoms with Gasteiger partial charge < -0.3 is 9.47 Å². The SMILES string of the molecule is COC(=O)C1c2cc(C)ccc2OC1c1ccccc1. The first-order valence-corrected chi connectivity index (χ1v) is 6.60. The number of benzene rings is 2. The van der Waals surface area contributed by atoms with Gasteiger partial charge in [-0.25, -0.2) is 0 Å². The second-order valence-corrected chi connectivity index (χ2v) is 4.99. The van der Waals surface area contributed by atoms with E-state index >= 15 is 0 Å². The molecular formula is C17H16O3. The number of esters is 1. The molecule has 2 unspecified atom stereocenters. The van der Waals surface area contributed by atoms with E-state index < -0.39 is 5.92 Å². The van der Waals surface area contributed by atoms with E-state index in [2.05, 4.69) is 0 Å². The lowest BCUT2D eigenvalue weighted by Crippen LogP contribution is -2.20. The molecule has 0 aromatic heterocycles. The van der Waals surface area contributed by atoms with Gasteiger partial charge in [0.25, 0.3) is 0 Å². The highest BCUT2D eigenvalue weighted by atomic mass is 16.5. The Kier molecular flexibility index (Phi) is 3.18. The Balaban J connectivity index is 2.07. The zero-order valence-corrected chi connectivity index (χ0v) is 11.5. The molecule has 1 aliphatic rings. The quantitative estimate of drug-likeness (QED) is 0.783. The summed E-state index contributed by atoms with van der Waals surface area (Å²) in [6.07, 6.45) is -0.319. The monoisotopic (exact) mass is 268 g/mol. The van der Waals surface area contributed by atoms with Crippen LogP contribution in [0.3, 0.4) is 0 Å². The summed E-state index contributed by atoms with van der Waals surface area (Å²) in [7, 11) is 1.41. The number of aryl methyl sites for hydroxylation is 1. The van der Waals surface area contributed by atoms with Crippen molar-refractivity contribution in [2.45, 2.75) is 18.9 Å². The Morgan fingerprint density at radius 3 is 2.60 bits per heavy atom. The summed E-state index contributed by atoms with van der Waals surface area (Å²) in [5.41, 5.74) is 3.00. The molecule has 0 radical (unpaired) electrons. The van der Waals surface area contributed by atoms with Crippen LogP contribution >= 0.6 is 0 Å². The first-order valence-electron chi connectivity index (χ1n) is 6.60. The van der Waals surface area contributed by atoms with Crippen molar-refractivity contribution in [2.24, 2.45) is 0 Å². The van der Waals surface area contributed by atoms with E-state index in [1.165, 1.54) is 7.11 Å². The van der Waals surface area contributed by atoms with Crippen LogP contribution in [0.1, 0.15) is 28.7 Å². The zero-order chi connectivity index (χ0) is 14.1. The molecule has 3 heteroatoms. The Morgan fingerprint density at radius 1 is 1.15 bits per heavy atom. The summed E-state index contributed by atoms with van der Waals surface area (Å²) in [6, 6.07) is 15.7. The molecule has 2 aromatic rings. The predicted molar refractivity (Wildman–Crippen MR) is 75.7 cm³/mol. The molecular weight excluding hydrogens is 252 g/mol. The van der Waals surface area contributed by atoms with E-state index in [0.29, 0.717) is 0 Å². The number of carbonyl (C=O) groups is 1. The lowest BCUT2D eigenvalue weighted by Gasteiger charge is -2.17. The average molecular weight is 268 g/mol. The molecule has 0 saturated carbocycles. The largest absolute Gasteiger partial charge is 0.484 e. The highest BCUT2D eigenvalue weighted by molar-refractivity contribution is 5.81. The molecule has 2 atom stereocenters. The predicted octanol–water partition coefficient (Wildman–Crippen LogP) is 3.39. The third kappa shape index (κ3) is 2.05. The number of rotatable bonds is 2. The van der Waals surface area contributed by atoms with Crippen molar-refractivity contribution < 1.29 is 14.3 Å². The molecule has 1 aliphatic heterocycles. The second kappa shape index (κ2) is 5.00. The van der Waals surface area contributed by atoms with Crippen LogP contribution in [0.25, 0.3) is 0 Å². The maximum atomic E-state index is 12.2. The van der Waals surface area contributed by atoms with Gasteiger partial charge in [-0.2, -0.15) is 0 Å². The highest BCUT2D eigenvalue weighted by Crippen LogP contribution is 2.46. The number of hydrogen-bond acceptors (Lipinski definition) is 3. The van der Waals surface area contributed by atoms with Crippen LogP contribution in [-0.4, -0.2) is 13.1 Å². The molecule has 2 aromatic carbocycles. The van der Waals surface area contributed by atoms with Crippen LogP contribution < -0.4 is 4.74 Å². The molecule has 0 bridgehead atoms. The lowest BCUT2D eigenvalue weighted by atomic mass is 9.90. The van der Waals surface area contributed by atoms with Crippen LogP contribution in [0.2, 0.25) is 0 Å². The molecule has 0 spiro atoms. The van der Waals surface area contributed by atoms with E-state index in [9.17, 15) is 4.79 Å². The molecule has 3 rings (SSSR count). The number of methoxy groups -OCH3 is 1. The standard InChI is InChI=1S/C17H16O3/c1-11-8-9-14-13(10-11)15(17(18)19-2)16(20-14)12-6-4-3-5-7-12/h3-10,15-16H,1-2H3. The fourth-order valence-corrected chi connectivity index (χ4v) is 2.67. The van der Waals surface area contributed by atoms with Gasteiger partial charge in [0.05, 0.1) is 7.11 Å². The molecule has 0 saturated heterocycles. The molecule has 0 amide bonds. The van der Waals surface area contributed by atoms with Crippen molar-refractivity contribution in [2.75, 3.05) is 7.11 Å². The van der Waals surface area contributed by atoms with Crippen LogP contribution in [0.15, 0.2) is 48.5 Å². The van der Waals surface area contributed by atoms with E-state index in [-0.39, 0.29) is 12.1 Å². The van der Waals surface area contributed by atoms with Gasteiger partial charge >= 0.3 is 5.97 Å². The van der Waals surface area contributed by atoms with Crippen molar-refractivity contribution in [3.05, 3.63) is 65.2 Å². The molecule has 0 aliphatic carbocycles. The van der Waals surface area contributed by atoms with Crippen LogP contribution in [0.5, 0.6) is 5.75 Å². The average Bonchev–Trinajstić information content (AvgIpc) is 2.86. The maximum absolute atomic E-state index is 12.2. The Hall–Kier alpha value is -2.29. The van der Waals surface area contributed by atoms with E-state index in [1.54, 1.807) is 0 Å². The Labute approximate surface area is 118 Å². The van der Waals surface area contributed by atoms with Crippen molar-refractivity contribution in [1.29, 1.82) is 0 Å². The van der Waals surface area contributed by atoms with Crippen molar-refractivity contribution >= 4 is 5.97 Å². The number of ether oxygens (including phenoxy) is 2. The van der Waals surface area contributed by atoms with Gasteiger partial charge in [0.15, 0.2) is 0 Å². The first-order chi connectivity index (χ1) is 9.70. The van der Waals surface area contributed by atoms with E-state index in [0.717, 1.165) is 22.4 Å². The normalized spacial score (nSPS) is 20.1. The van der Waals surface area contributed by atoms with Crippen LogP contribution in [-0.2, 0) is 9.53 Å².